The van der Waals surface area contributed by atoms with Crippen molar-refractivity contribution in [3.8, 4) is 0 Å². The number of hydrogen-bond acceptors (Lipinski definition) is 5. The van der Waals surface area contributed by atoms with E-state index in [1.807, 2.05) is 4.72 Å². The lowest BCUT2D eigenvalue weighted by atomic mass is 10.2. The number of hydrogen-bond donors (Lipinski definition) is 1. The predicted molar refractivity (Wildman–Crippen MR) is 88.2 cm³/mol. The molecule has 1 aliphatic heterocycles. The highest BCUT2D eigenvalue weighted by Crippen LogP contribution is 2.18. The smallest absolute Gasteiger partial charge is 0.422 e. The van der Waals surface area contributed by atoms with Gasteiger partial charge in [-0.1, -0.05) is 6.08 Å². The van der Waals surface area contributed by atoms with Crippen LogP contribution in [0.15, 0.2) is 12.7 Å². The van der Waals surface area contributed by atoms with Crippen molar-refractivity contribution in [2.75, 3.05) is 13.2 Å². The number of nitrogens with one attached hydrogen (secondary N) is 1. The van der Waals surface area contributed by atoms with Crippen LogP contribution in [0, 0.1) is 0 Å². The first-order chi connectivity index (χ1) is 10.5. The molecule has 1 amide bonds. The zero-order valence-electron chi connectivity index (χ0n) is 14.4. The predicted octanol–water partition coefficient (Wildman–Crippen LogP) is 2.20. The first-order valence-corrected chi connectivity index (χ1v) is 9.24. The van der Waals surface area contributed by atoms with Crippen LogP contribution in [-0.4, -0.2) is 49.7 Å². The molecule has 0 bridgehead atoms. The molecule has 0 spiro atoms. The Labute approximate surface area is 139 Å². The van der Waals surface area contributed by atoms with Crippen molar-refractivity contribution >= 4 is 16.3 Å². The molecule has 1 fully saturated rings. The Hall–Kier alpha value is -1.12. The van der Waals surface area contributed by atoms with Crippen LogP contribution in [0.1, 0.15) is 47.0 Å². The minimum Gasteiger partial charge on any atom is -0.443 e. The molecule has 0 aromatic carbocycles. The summed E-state index contributed by atoms with van der Waals surface area (Å²) in [4.78, 5) is 11.8. The van der Waals surface area contributed by atoms with E-state index in [0.717, 1.165) is 12.8 Å². The molecule has 0 aromatic heterocycles. The maximum absolute atomic E-state index is 12.6. The van der Waals surface area contributed by atoms with Crippen LogP contribution in [0.5, 0.6) is 0 Å². The van der Waals surface area contributed by atoms with E-state index in [9.17, 15) is 13.2 Å². The first kappa shape index (κ1) is 19.9. The Kier molecular flexibility index (Phi) is 7.03. The van der Waals surface area contributed by atoms with Crippen molar-refractivity contribution in [1.29, 1.82) is 0 Å². The third-order valence-electron chi connectivity index (χ3n) is 3.33. The van der Waals surface area contributed by atoms with Gasteiger partial charge in [0.25, 0.3) is 0 Å². The van der Waals surface area contributed by atoms with Gasteiger partial charge in [0.1, 0.15) is 5.60 Å². The minimum absolute atomic E-state index is 0.155. The van der Waals surface area contributed by atoms with Crippen molar-refractivity contribution in [3.63, 3.8) is 0 Å². The molecular formula is C15H28N2O5S. The van der Waals surface area contributed by atoms with E-state index in [0.29, 0.717) is 13.0 Å². The van der Waals surface area contributed by atoms with Crippen molar-refractivity contribution < 1.29 is 22.7 Å². The molecule has 8 heteroatoms. The number of amides is 1. The molecule has 1 aliphatic rings. The summed E-state index contributed by atoms with van der Waals surface area (Å²) in [7, 11) is -4.02. The van der Waals surface area contributed by atoms with E-state index in [4.69, 9.17) is 9.47 Å². The van der Waals surface area contributed by atoms with Gasteiger partial charge in [-0.2, -0.15) is 12.7 Å². The maximum Gasteiger partial charge on any atom is 0.422 e. The highest BCUT2D eigenvalue weighted by Gasteiger charge is 2.33. The van der Waals surface area contributed by atoms with Crippen LogP contribution in [0.2, 0.25) is 0 Å². The van der Waals surface area contributed by atoms with Gasteiger partial charge in [0.15, 0.2) is 0 Å². The van der Waals surface area contributed by atoms with Crippen molar-refractivity contribution in [2.45, 2.75) is 64.7 Å². The number of carbonyl (C=O) groups excluding carboxylic acids is 1. The van der Waals surface area contributed by atoms with Gasteiger partial charge in [0.2, 0.25) is 0 Å². The summed E-state index contributed by atoms with van der Waals surface area (Å²) in [5, 5.41) is 0. The van der Waals surface area contributed by atoms with Gasteiger partial charge in [-0.3, -0.25) is 0 Å². The molecule has 7 nitrogen and oxygen atoms in total. The van der Waals surface area contributed by atoms with Gasteiger partial charge in [-0.05, 0) is 47.0 Å². The second kappa shape index (κ2) is 8.12. The Balaban J connectivity index is 2.84. The van der Waals surface area contributed by atoms with Crippen LogP contribution in [-0.2, 0) is 19.7 Å². The summed E-state index contributed by atoms with van der Waals surface area (Å²) in [5.41, 5.74) is -0.772. The quantitative estimate of drug-likeness (QED) is 0.713. The third-order valence-corrected chi connectivity index (χ3v) is 4.88. The third kappa shape index (κ3) is 6.88. The second-order valence-corrected chi connectivity index (χ2v) is 8.31. The van der Waals surface area contributed by atoms with E-state index >= 15 is 0 Å². The lowest BCUT2D eigenvalue weighted by Gasteiger charge is -2.30. The normalized spacial score (nSPS) is 20.3. The summed E-state index contributed by atoms with van der Waals surface area (Å²) in [6.45, 7) is 11.3. The molecule has 2 atom stereocenters. The summed E-state index contributed by atoms with van der Waals surface area (Å²) in [5.74, 6) is 0. The van der Waals surface area contributed by atoms with Crippen LogP contribution in [0.25, 0.3) is 0 Å². The zero-order chi connectivity index (χ0) is 17.7. The molecule has 0 aromatic rings. The Bertz CT molecular complexity index is 506. The molecule has 23 heavy (non-hydrogen) atoms. The summed E-state index contributed by atoms with van der Waals surface area (Å²) in [6, 6.07) is -0.336. The van der Waals surface area contributed by atoms with E-state index in [2.05, 4.69) is 6.58 Å². The largest absolute Gasteiger partial charge is 0.443 e. The molecule has 1 N–H and O–H groups in total. The number of ether oxygens (including phenoxy) is 2. The second-order valence-electron chi connectivity index (χ2n) is 6.69. The van der Waals surface area contributed by atoms with Gasteiger partial charge >= 0.3 is 16.3 Å². The molecule has 0 radical (unpaired) electrons. The average molecular weight is 348 g/mol. The molecule has 0 aliphatic carbocycles. The lowest BCUT2D eigenvalue weighted by molar-refractivity contribution is 0.0559. The topological polar surface area (TPSA) is 84.9 Å². The lowest BCUT2D eigenvalue weighted by Crippen LogP contribution is -2.50. The average Bonchev–Trinajstić information content (AvgIpc) is 2.85. The van der Waals surface area contributed by atoms with Crippen molar-refractivity contribution in [3.05, 3.63) is 12.7 Å². The van der Waals surface area contributed by atoms with Gasteiger partial charge in [0.05, 0.1) is 6.10 Å². The molecule has 1 saturated heterocycles. The van der Waals surface area contributed by atoms with Gasteiger partial charge < -0.3 is 9.47 Å². The molecule has 134 valence electrons. The van der Waals surface area contributed by atoms with Gasteiger partial charge in [-0.15, -0.1) is 6.58 Å². The Morgan fingerprint density at radius 2 is 2.17 bits per heavy atom. The SMILES string of the molecule is C=CC[C@H](C)N(C[C@H]1CCCO1)S(=O)(=O)NC(=O)OC(C)(C)C. The summed E-state index contributed by atoms with van der Waals surface area (Å²) >= 11 is 0. The molecule has 0 unspecified atom stereocenters. The van der Waals surface area contributed by atoms with Crippen LogP contribution in [0.4, 0.5) is 4.79 Å². The van der Waals surface area contributed by atoms with Crippen LogP contribution >= 0.6 is 0 Å². The van der Waals surface area contributed by atoms with E-state index in [1.165, 1.54) is 4.31 Å². The molecular weight excluding hydrogens is 320 g/mol. The number of carbonyl (C=O) groups is 1. The molecule has 1 heterocycles. The molecule has 0 saturated carbocycles. The fraction of sp³-hybridized carbons (Fsp3) is 0.800. The minimum atomic E-state index is -4.02. The van der Waals surface area contributed by atoms with E-state index in [1.54, 1.807) is 33.8 Å². The van der Waals surface area contributed by atoms with Gasteiger partial charge in [-0.25, -0.2) is 9.52 Å². The number of rotatable bonds is 7. The molecule has 1 rings (SSSR count). The fourth-order valence-corrected chi connectivity index (χ4v) is 3.62. The number of nitrogens with zero attached hydrogens (tertiary/aromatic N) is 1. The van der Waals surface area contributed by atoms with Crippen molar-refractivity contribution in [1.82, 2.24) is 9.03 Å². The summed E-state index contributed by atoms with van der Waals surface area (Å²) < 4.78 is 38.9. The Morgan fingerprint density at radius 1 is 1.52 bits per heavy atom. The van der Waals surface area contributed by atoms with E-state index < -0.39 is 21.9 Å². The first-order valence-electron chi connectivity index (χ1n) is 7.80. The van der Waals surface area contributed by atoms with Crippen LogP contribution < -0.4 is 4.72 Å². The highest BCUT2D eigenvalue weighted by molar-refractivity contribution is 7.87. The van der Waals surface area contributed by atoms with Gasteiger partial charge in [0, 0.05) is 19.2 Å². The van der Waals surface area contributed by atoms with Crippen LogP contribution in [0.3, 0.4) is 0 Å². The van der Waals surface area contributed by atoms with Crippen molar-refractivity contribution in [2.24, 2.45) is 0 Å². The standard InChI is InChI=1S/C15H28N2O5S/c1-6-8-12(2)17(11-13-9-7-10-21-13)23(19,20)16-14(18)22-15(3,4)5/h6,12-13H,1,7-11H2,2-5H3,(H,16,18)/t12-,13+/m0/s1. The monoisotopic (exact) mass is 348 g/mol. The van der Waals surface area contributed by atoms with E-state index in [-0.39, 0.29) is 18.7 Å². The highest BCUT2D eigenvalue weighted by atomic mass is 32.2. The Morgan fingerprint density at radius 3 is 2.65 bits per heavy atom. The maximum atomic E-state index is 12.6. The zero-order valence-corrected chi connectivity index (χ0v) is 15.2. The fourth-order valence-electron chi connectivity index (χ4n) is 2.33. The summed E-state index contributed by atoms with van der Waals surface area (Å²) in [6.07, 6.45) is 2.70.